The Morgan fingerprint density at radius 3 is 2.42 bits per heavy atom. The van der Waals surface area contributed by atoms with Crippen molar-refractivity contribution in [3.05, 3.63) is 47.9 Å². The monoisotopic (exact) mass is 354 g/mol. The van der Waals surface area contributed by atoms with E-state index in [4.69, 9.17) is 4.74 Å². The van der Waals surface area contributed by atoms with E-state index in [0.29, 0.717) is 23.6 Å². The minimum absolute atomic E-state index is 0.408. The van der Waals surface area contributed by atoms with Gasteiger partial charge in [0.2, 0.25) is 0 Å². The highest BCUT2D eigenvalue weighted by molar-refractivity contribution is 5.74. The molecule has 2 aromatic rings. The summed E-state index contributed by atoms with van der Waals surface area (Å²) in [7, 11) is 0. The second-order valence-electron chi connectivity index (χ2n) is 6.13. The summed E-state index contributed by atoms with van der Waals surface area (Å²) >= 11 is 0. The predicted molar refractivity (Wildman–Crippen MR) is 98.0 cm³/mol. The molecule has 1 saturated heterocycles. The maximum atomic E-state index is 10.7. The summed E-state index contributed by atoms with van der Waals surface area (Å²) in [4.78, 5) is 34.2. The molecule has 136 valence electrons. The number of ether oxygens (including phenoxy) is 1. The lowest BCUT2D eigenvalue weighted by Crippen LogP contribution is -2.47. The Bertz CT molecular complexity index is 711. The first kappa shape index (κ1) is 18.0. The lowest BCUT2D eigenvalue weighted by Gasteiger charge is -2.35. The molecule has 1 aliphatic rings. The highest BCUT2D eigenvalue weighted by Gasteiger charge is 2.17. The molecule has 7 heteroatoms. The molecule has 2 aromatic heterocycles. The molecule has 0 spiro atoms. The summed E-state index contributed by atoms with van der Waals surface area (Å²) in [6.45, 7) is 5.40. The zero-order chi connectivity index (χ0) is 18.2. The number of carbonyl (C=O) groups is 2. The molecule has 0 saturated carbocycles. The zero-order valence-corrected chi connectivity index (χ0v) is 14.6. The van der Waals surface area contributed by atoms with Gasteiger partial charge in [0.05, 0.1) is 12.8 Å². The predicted octanol–water partition coefficient (Wildman–Crippen LogP) is 1.69. The van der Waals surface area contributed by atoms with Crippen LogP contribution in [0.15, 0.2) is 36.7 Å². The van der Waals surface area contributed by atoms with Gasteiger partial charge in [0.15, 0.2) is 12.6 Å². The van der Waals surface area contributed by atoms with Gasteiger partial charge in [-0.3, -0.25) is 14.5 Å². The summed E-state index contributed by atoms with van der Waals surface area (Å²) in [5.74, 6) is 1.61. The van der Waals surface area contributed by atoms with E-state index < -0.39 is 0 Å². The molecule has 0 aromatic carbocycles. The number of anilines is 1. The molecular weight excluding hydrogens is 332 g/mol. The summed E-state index contributed by atoms with van der Waals surface area (Å²) in [5, 5.41) is 0. The molecule has 26 heavy (non-hydrogen) atoms. The van der Waals surface area contributed by atoms with E-state index in [9.17, 15) is 9.59 Å². The third-order valence-electron chi connectivity index (χ3n) is 4.37. The number of aromatic nitrogens is 2. The second-order valence-corrected chi connectivity index (χ2v) is 6.13. The molecule has 0 amide bonds. The van der Waals surface area contributed by atoms with Gasteiger partial charge in [-0.05, 0) is 30.7 Å². The van der Waals surface area contributed by atoms with E-state index in [2.05, 4.69) is 19.8 Å². The number of aldehydes is 2. The van der Waals surface area contributed by atoms with Crippen molar-refractivity contribution in [3.8, 4) is 5.75 Å². The Hall–Kier alpha value is -2.80. The summed E-state index contributed by atoms with van der Waals surface area (Å²) < 4.78 is 5.65. The Morgan fingerprint density at radius 2 is 1.81 bits per heavy atom. The van der Waals surface area contributed by atoms with E-state index in [-0.39, 0.29) is 0 Å². The Kier molecular flexibility index (Phi) is 6.27. The molecule has 0 unspecified atom stereocenters. The van der Waals surface area contributed by atoms with E-state index in [0.717, 1.165) is 57.5 Å². The fraction of sp³-hybridized carbons (Fsp3) is 0.368. The quantitative estimate of drug-likeness (QED) is 0.527. The number of hydrogen-bond donors (Lipinski definition) is 0. The van der Waals surface area contributed by atoms with Crippen molar-refractivity contribution in [2.24, 2.45) is 0 Å². The maximum absolute atomic E-state index is 10.7. The number of pyridine rings is 2. The zero-order valence-electron chi connectivity index (χ0n) is 14.6. The fourth-order valence-corrected chi connectivity index (χ4v) is 2.88. The number of rotatable bonds is 8. The van der Waals surface area contributed by atoms with Crippen molar-refractivity contribution in [1.82, 2.24) is 14.9 Å². The highest BCUT2D eigenvalue weighted by Crippen LogP contribution is 2.14. The van der Waals surface area contributed by atoms with Crippen molar-refractivity contribution in [2.45, 2.75) is 6.42 Å². The standard InChI is InChI=1S/C19H22N4O3/c24-14-16-2-5-19(21-12-16)23-9-7-22(8-10-23)6-1-11-26-18-4-3-17(15-25)20-13-18/h2-5,12-15H,1,6-11H2. The summed E-state index contributed by atoms with van der Waals surface area (Å²) in [6.07, 6.45) is 5.65. The molecule has 1 aliphatic heterocycles. The number of carbonyl (C=O) groups excluding carboxylic acids is 2. The molecule has 3 rings (SSSR count). The van der Waals surface area contributed by atoms with E-state index >= 15 is 0 Å². The topological polar surface area (TPSA) is 75.6 Å². The van der Waals surface area contributed by atoms with Gasteiger partial charge in [0.1, 0.15) is 17.3 Å². The first-order valence-electron chi connectivity index (χ1n) is 8.71. The van der Waals surface area contributed by atoms with E-state index in [1.54, 1.807) is 30.6 Å². The van der Waals surface area contributed by atoms with Gasteiger partial charge in [-0.1, -0.05) is 0 Å². The third kappa shape index (κ3) is 4.86. The highest BCUT2D eigenvalue weighted by atomic mass is 16.5. The normalized spacial score (nSPS) is 14.8. The molecule has 0 atom stereocenters. The fourth-order valence-electron chi connectivity index (χ4n) is 2.88. The van der Waals surface area contributed by atoms with Crippen LogP contribution in [0.3, 0.4) is 0 Å². The molecule has 7 nitrogen and oxygen atoms in total. The smallest absolute Gasteiger partial charge is 0.168 e. The van der Waals surface area contributed by atoms with Crippen molar-refractivity contribution in [2.75, 3.05) is 44.2 Å². The maximum Gasteiger partial charge on any atom is 0.168 e. The number of hydrogen-bond acceptors (Lipinski definition) is 7. The first-order chi connectivity index (χ1) is 12.8. The first-order valence-corrected chi connectivity index (χ1v) is 8.71. The average molecular weight is 354 g/mol. The van der Waals surface area contributed by atoms with Gasteiger partial charge in [-0.15, -0.1) is 0 Å². The van der Waals surface area contributed by atoms with E-state index in [1.165, 1.54) is 0 Å². The Morgan fingerprint density at radius 1 is 0.962 bits per heavy atom. The minimum atomic E-state index is 0.408. The second kappa shape index (κ2) is 9.05. The van der Waals surface area contributed by atoms with Crippen LogP contribution < -0.4 is 9.64 Å². The largest absolute Gasteiger partial charge is 0.492 e. The van der Waals surface area contributed by atoms with Gasteiger partial charge in [0, 0.05) is 44.5 Å². The van der Waals surface area contributed by atoms with Crippen LogP contribution >= 0.6 is 0 Å². The van der Waals surface area contributed by atoms with Crippen LogP contribution in [-0.4, -0.2) is 66.8 Å². The molecule has 0 radical (unpaired) electrons. The number of piperazine rings is 1. The van der Waals surface area contributed by atoms with Gasteiger partial charge in [0.25, 0.3) is 0 Å². The van der Waals surface area contributed by atoms with Crippen LogP contribution in [0.1, 0.15) is 27.3 Å². The minimum Gasteiger partial charge on any atom is -0.492 e. The summed E-state index contributed by atoms with van der Waals surface area (Å²) in [6, 6.07) is 7.11. The Labute approximate surface area is 152 Å². The van der Waals surface area contributed by atoms with Crippen molar-refractivity contribution < 1.29 is 14.3 Å². The van der Waals surface area contributed by atoms with Crippen molar-refractivity contribution >= 4 is 18.4 Å². The average Bonchev–Trinajstić information content (AvgIpc) is 2.72. The lowest BCUT2D eigenvalue weighted by atomic mass is 10.2. The van der Waals surface area contributed by atoms with Gasteiger partial charge >= 0.3 is 0 Å². The van der Waals surface area contributed by atoms with Crippen molar-refractivity contribution in [3.63, 3.8) is 0 Å². The van der Waals surface area contributed by atoms with Crippen LogP contribution in [0, 0.1) is 0 Å². The van der Waals surface area contributed by atoms with Crippen LogP contribution in [0.4, 0.5) is 5.82 Å². The SMILES string of the molecule is O=Cc1ccc(N2CCN(CCCOc3ccc(C=O)nc3)CC2)nc1. The lowest BCUT2D eigenvalue weighted by molar-refractivity contribution is 0.111. The van der Waals surface area contributed by atoms with Crippen molar-refractivity contribution in [1.29, 1.82) is 0 Å². The Balaban J connectivity index is 1.35. The molecule has 0 aliphatic carbocycles. The van der Waals surface area contributed by atoms with Crippen LogP contribution in [0.2, 0.25) is 0 Å². The van der Waals surface area contributed by atoms with E-state index in [1.807, 2.05) is 6.07 Å². The summed E-state index contributed by atoms with van der Waals surface area (Å²) in [5.41, 5.74) is 1.01. The third-order valence-corrected chi connectivity index (χ3v) is 4.37. The molecule has 1 fully saturated rings. The molecule has 0 N–H and O–H groups in total. The van der Waals surface area contributed by atoms with Gasteiger partial charge in [-0.25, -0.2) is 9.97 Å². The molecular formula is C19H22N4O3. The van der Waals surface area contributed by atoms with Crippen LogP contribution in [0.25, 0.3) is 0 Å². The van der Waals surface area contributed by atoms with Gasteiger partial charge < -0.3 is 9.64 Å². The van der Waals surface area contributed by atoms with Crippen LogP contribution in [-0.2, 0) is 0 Å². The number of nitrogens with zero attached hydrogens (tertiary/aromatic N) is 4. The molecule has 0 bridgehead atoms. The van der Waals surface area contributed by atoms with Gasteiger partial charge in [-0.2, -0.15) is 0 Å². The van der Waals surface area contributed by atoms with Crippen LogP contribution in [0.5, 0.6) is 5.75 Å². The molecule has 3 heterocycles.